The van der Waals surface area contributed by atoms with Crippen molar-refractivity contribution in [2.45, 2.75) is 84.0 Å². The summed E-state index contributed by atoms with van der Waals surface area (Å²) in [5.74, 6) is -2.38. The zero-order valence-corrected chi connectivity index (χ0v) is 14.7. The monoisotopic (exact) mass is 338 g/mol. The number of rotatable bonds is 13. The van der Waals surface area contributed by atoms with Crippen molar-refractivity contribution in [2.75, 3.05) is 0 Å². The van der Waals surface area contributed by atoms with Gasteiger partial charge in [-0.25, -0.2) is 0 Å². The summed E-state index contributed by atoms with van der Waals surface area (Å²) in [6, 6.07) is 0. The molecule has 1 atom stereocenters. The van der Waals surface area contributed by atoms with E-state index in [4.69, 9.17) is 5.11 Å². The Kier molecular flexibility index (Phi) is 10.0. The van der Waals surface area contributed by atoms with Gasteiger partial charge < -0.3 is 9.84 Å². The van der Waals surface area contributed by atoms with Gasteiger partial charge in [0.2, 0.25) is 0 Å². The number of carbonyl (C=O) groups is 3. The maximum absolute atomic E-state index is 11.6. The van der Waals surface area contributed by atoms with Gasteiger partial charge in [0, 0.05) is 6.42 Å². The number of carbonyl (C=O) groups excluding carboxylic acids is 2. The molecule has 0 spiro atoms. The van der Waals surface area contributed by atoms with Crippen molar-refractivity contribution in [3.05, 3.63) is 11.6 Å². The largest absolute Gasteiger partial charge is 0.481 e. The summed E-state index contributed by atoms with van der Waals surface area (Å²) >= 11 is 0. The quantitative estimate of drug-likeness (QED) is 0.233. The van der Waals surface area contributed by atoms with Crippen LogP contribution in [0.1, 0.15) is 84.0 Å². The summed E-state index contributed by atoms with van der Waals surface area (Å²) in [4.78, 5) is 33.5. The van der Waals surface area contributed by atoms with E-state index in [1.54, 1.807) is 6.08 Å². The van der Waals surface area contributed by atoms with E-state index in [1.807, 2.05) is 0 Å². The predicted molar refractivity (Wildman–Crippen MR) is 91.4 cm³/mol. The van der Waals surface area contributed by atoms with Crippen LogP contribution in [0.3, 0.4) is 0 Å². The number of hydrogen-bond donors (Lipinski definition) is 1. The first-order valence-corrected chi connectivity index (χ1v) is 9.18. The molecule has 0 aromatic carbocycles. The normalized spacial score (nSPS) is 18.0. The molecule has 0 bridgehead atoms. The fourth-order valence-corrected chi connectivity index (χ4v) is 2.95. The van der Waals surface area contributed by atoms with Crippen LogP contribution in [-0.2, 0) is 19.1 Å². The number of hydrogen-bond acceptors (Lipinski definition) is 4. The Hall–Kier alpha value is -1.65. The summed E-state index contributed by atoms with van der Waals surface area (Å²) in [5.41, 5.74) is 0.958. The van der Waals surface area contributed by atoms with Crippen LogP contribution in [0.25, 0.3) is 0 Å². The molecule has 5 heteroatoms. The number of esters is 2. The topological polar surface area (TPSA) is 80.7 Å². The standard InChI is InChI=1S/C19H30O5/c1-2-3-4-5-6-7-8-9-10-15(11-12-17(20)21)13-16-14-18(22)24-19(16)23/h13,16H,2-12,14H2,1H3,(H,20,21). The van der Waals surface area contributed by atoms with Crippen molar-refractivity contribution in [1.82, 2.24) is 0 Å². The van der Waals surface area contributed by atoms with Crippen LogP contribution in [0.5, 0.6) is 0 Å². The van der Waals surface area contributed by atoms with E-state index in [2.05, 4.69) is 11.7 Å². The molecular formula is C19H30O5. The zero-order chi connectivity index (χ0) is 17.8. The van der Waals surface area contributed by atoms with Gasteiger partial charge >= 0.3 is 17.9 Å². The summed E-state index contributed by atoms with van der Waals surface area (Å²) in [5, 5.41) is 8.86. The van der Waals surface area contributed by atoms with Gasteiger partial charge in [-0.1, -0.05) is 63.5 Å². The minimum absolute atomic E-state index is 0.0541. The maximum Gasteiger partial charge on any atom is 0.321 e. The number of allylic oxidation sites excluding steroid dienone is 1. The van der Waals surface area contributed by atoms with E-state index in [9.17, 15) is 14.4 Å². The van der Waals surface area contributed by atoms with Gasteiger partial charge in [-0.2, -0.15) is 0 Å². The molecule has 1 saturated heterocycles. The highest BCUT2D eigenvalue weighted by Gasteiger charge is 2.31. The lowest BCUT2D eigenvalue weighted by molar-refractivity contribution is -0.152. The van der Waals surface area contributed by atoms with Crippen LogP contribution >= 0.6 is 0 Å². The Morgan fingerprint density at radius 2 is 1.67 bits per heavy atom. The van der Waals surface area contributed by atoms with Gasteiger partial charge in [-0.15, -0.1) is 0 Å². The Balaban J connectivity index is 2.35. The molecule has 0 aromatic heterocycles. The lowest BCUT2D eigenvalue weighted by Gasteiger charge is -2.08. The van der Waals surface area contributed by atoms with Crippen LogP contribution in [0.2, 0.25) is 0 Å². The fourth-order valence-electron chi connectivity index (χ4n) is 2.95. The van der Waals surface area contributed by atoms with Crippen LogP contribution in [0.15, 0.2) is 11.6 Å². The molecule has 1 aliphatic heterocycles. The highest BCUT2D eigenvalue weighted by Crippen LogP contribution is 2.24. The van der Waals surface area contributed by atoms with E-state index >= 15 is 0 Å². The number of ether oxygens (including phenoxy) is 1. The third-order valence-corrected chi connectivity index (χ3v) is 4.35. The van der Waals surface area contributed by atoms with Crippen molar-refractivity contribution < 1.29 is 24.2 Å². The molecule has 0 radical (unpaired) electrons. The van der Waals surface area contributed by atoms with Gasteiger partial charge in [0.25, 0.3) is 0 Å². The molecule has 1 unspecified atom stereocenters. The Morgan fingerprint density at radius 1 is 1.04 bits per heavy atom. The van der Waals surface area contributed by atoms with Gasteiger partial charge in [0.1, 0.15) is 0 Å². The molecule has 0 aromatic rings. The fraction of sp³-hybridized carbons (Fsp3) is 0.737. The van der Waals surface area contributed by atoms with Crippen molar-refractivity contribution in [3.63, 3.8) is 0 Å². The van der Waals surface area contributed by atoms with Crippen LogP contribution in [-0.4, -0.2) is 23.0 Å². The van der Waals surface area contributed by atoms with Crippen molar-refractivity contribution in [1.29, 1.82) is 0 Å². The molecule has 1 heterocycles. The zero-order valence-electron chi connectivity index (χ0n) is 14.7. The Labute approximate surface area is 144 Å². The maximum atomic E-state index is 11.6. The molecule has 1 aliphatic rings. The molecule has 5 nitrogen and oxygen atoms in total. The second-order valence-electron chi connectivity index (χ2n) is 6.55. The van der Waals surface area contributed by atoms with Crippen LogP contribution < -0.4 is 0 Å². The molecular weight excluding hydrogens is 308 g/mol. The molecule has 1 rings (SSSR count). The van der Waals surface area contributed by atoms with Crippen molar-refractivity contribution >= 4 is 17.9 Å². The van der Waals surface area contributed by atoms with Crippen LogP contribution in [0.4, 0.5) is 0 Å². The first-order chi connectivity index (χ1) is 11.5. The first-order valence-electron chi connectivity index (χ1n) is 9.18. The minimum atomic E-state index is -0.845. The van der Waals surface area contributed by atoms with E-state index in [-0.39, 0.29) is 12.8 Å². The molecule has 0 saturated carbocycles. The third-order valence-electron chi connectivity index (χ3n) is 4.35. The molecule has 0 amide bonds. The molecule has 1 fully saturated rings. The number of carboxylic acid groups (broad SMARTS) is 1. The molecule has 0 aliphatic carbocycles. The lowest BCUT2D eigenvalue weighted by atomic mass is 9.96. The molecule has 136 valence electrons. The average molecular weight is 338 g/mol. The number of cyclic esters (lactones) is 2. The molecule has 24 heavy (non-hydrogen) atoms. The highest BCUT2D eigenvalue weighted by atomic mass is 16.6. The first kappa shape index (κ1) is 20.4. The average Bonchev–Trinajstić information content (AvgIpc) is 2.84. The van der Waals surface area contributed by atoms with Gasteiger partial charge in [0.05, 0.1) is 12.3 Å². The van der Waals surface area contributed by atoms with Gasteiger partial charge in [0.15, 0.2) is 0 Å². The van der Waals surface area contributed by atoms with E-state index in [0.717, 1.165) is 24.8 Å². The van der Waals surface area contributed by atoms with E-state index in [0.29, 0.717) is 6.42 Å². The lowest BCUT2D eigenvalue weighted by Crippen LogP contribution is -2.06. The number of aliphatic carboxylic acids is 1. The van der Waals surface area contributed by atoms with E-state index < -0.39 is 23.8 Å². The smallest absolute Gasteiger partial charge is 0.321 e. The summed E-state index contributed by atoms with van der Waals surface area (Å²) in [7, 11) is 0. The highest BCUT2D eigenvalue weighted by molar-refractivity contribution is 5.95. The number of carboxylic acids is 1. The Morgan fingerprint density at radius 3 is 2.21 bits per heavy atom. The predicted octanol–water partition coefficient (Wildman–Crippen LogP) is 4.40. The molecule has 1 N–H and O–H groups in total. The number of unbranched alkanes of at least 4 members (excludes halogenated alkanes) is 7. The van der Waals surface area contributed by atoms with Gasteiger partial charge in [-0.05, 0) is 19.3 Å². The van der Waals surface area contributed by atoms with Crippen molar-refractivity contribution in [2.24, 2.45) is 5.92 Å². The summed E-state index contributed by atoms with van der Waals surface area (Å²) < 4.78 is 4.55. The summed E-state index contributed by atoms with van der Waals surface area (Å²) in [6.07, 6.45) is 12.8. The van der Waals surface area contributed by atoms with Crippen molar-refractivity contribution in [3.8, 4) is 0 Å². The SMILES string of the molecule is CCCCCCCCCCC(=CC1CC(=O)OC1=O)CCC(=O)O. The second kappa shape index (κ2) is 11.8. The second-order valence-corrected chi connectivity index (χ2v) is 6.55. The van der Waals surface area contributed by atoms with E-state index in [1.165, 1.54) is 38.5 Å². The summed E-state index contributed by atoms with van der Waals surface area (Å²) in [6.45, 7) is 2.21. The van der Waals surface area contributed by atoms with Crippen LogP contribution in [0, 0.1) is 5.92 Å². The minimum Gasteiger partial charge on any atom is -0.481 e. The Bertz CT molecular complexity index is 453. The van der Waals surface area contributed by atoms with Gasteiger partial charge in [-0.3, -0.25) is 14.4 Å². The third kappa shape index (κ3) is 8.85.